The molecule has 0 aliphatic rings. The van der Waals surface area contributed by atoms with Crippen LogP contribution in [0.3, 0.4) is 0 Å². The Morgan fingerprint density at radius 3 is 2.36 bits per heavy atom. The van der Waals surface area contributed by atoms with Crippen molar-refractivity contribution in [3.63, 3.8) is 0 Å². The number of rotatable bonds is 2. The van der Waals surface area contributed by atoms with Crippen molar-refractivity contribution in [1.29, 1.82) is 0 Å². The first kappa shape index (κ1) is 9.06. The van der Waals surface area contributed by atoms with Gasteiger partial charge in [-0.25, -0.2) is 4.98 Å². The van der Waals surface area contributed by atoms with Crippen LogP contribution in [0.15, 0.2) is 24.9 Å². The van der Waals surface area contributed by atoms with E-state index in [0.29, 0.717) is 0 Å². The number of hydrogen-bond acceptors (Lipinski definition) is 1. The first-order valence-corrected chi connectivity index (χ1v) is 4.75. The molecule has 0 aliphatic heterocycles. The van der Waals surface area contributed by atoms with E-state index in [0.717, 1.165) is 6.54 Å². The maximum atomic E-state index is 4.10. The number of imidazole rings is 1. The predicted octanol–water partition coefficient (Wildman–Crippen LogP) is 1.89. The smallest absolute Gasteiger partial charge is 0.0946 e. The minimum absolute atomic E-state index is 0.894. The van der Waals surface area contributed by atoms with Gasteiger partial charge in [0.05, 0.1) is 18.6 Å². The molecule has 14 heavy (non-hydrogen) atoms. The summed E-state index contributed by atoms with van der Waals surface area (Å²) >= 11 is 0. The Hall–Kier alpha value is -1.51. The molecule has 0 radical (unpaired) electrons. The van der Waals surface area contributed by atoms with Crippen molar-refractivity contribution in [3.8, 4) is 0 Å². The lowest BCUT2D eigenvalue weighted by Gasteiger charge is -2.02. The minimum Gasteiger partial charge on any atom is -0.348 e. The van der Waals surface area contributed by atoms with Crippen molar-refractivity contribution in [2.75, 3.05) is 0 Å². The third-order valence-corrected chi connectivity index (χ3v) is 2.60. The average Bonchev–Trinajstić information content (AvgIpc) is 2.63. The highest BCUT2D eigenvalue weighted by Gasteiger charge is 2.01. The molecule has 0 atom stereocenters. The third kappa shape index (κ3) is 1.58. The van der Waals surface area contributed by atoms with E-state index in [1.165, 1.54) is 16.8 Å². The lowest BCUT2D eigenvalue weighted by atomic mass is 10.2. The van der Waals surface area contributed by atoms with Gasteiger partial charge in [0.1, 0.15) is 0 Å². The summed E-state index contributed by atoms with van der Waals surface area (Å²) in [7, 11) is 2.02. The van der Waals surface area contributed by atoms with Gasteiger partial charge in [0.2, 0.25) is 0 Å². The maximum absolute atomic E-state index is 4.10. The fraction of sp³-hybridized carbons (Fsp3) is 0.364. The molecule has 2 heterocycles. The van der Waals surface area contributed by atoms with Crippen molar-refractivity contribution in [2.24, 2.45) is 7.05 Å². The first-order valence-electron chi connectivity index (χ1n) is 4.75. The lowest BCUT2D eigenvalue weighted by molar-refractivity contribution is 0.725. The molecule has 3 heteroatoms. The maximum Gasteiger partial charge on any atom is 0.0946 e. The normalized spacial score (nSPS) is 10.8. The second-order valence-corrected chi connectivity index (χ2v) is 3.79. The standard InChI is InChI=1S/C11H15N3/c1-9-5-14(6-10(9)2)7-11-4-12-8-13(11)3/h4-6,8H,7H2,1-3H3. The van der Waals surface area contributed by atoms with E-state index in [1.807, 2.05) is 24.1 Å². The van der Waals surface area contributed by atoms with Crippen LogP contribution >= 0.6 is 0 Å². The SMILES string of the molecule is Cc1cn(Cc2cncn2C)cc1C. The zero-order valence-electron chi connectivity index (χ0n) is 8.86. The molecule has 2 rings (SSSR count). The molecule has 0 spiro atoms. The van der Waals surface area contributed by atoms with Crippen LogP contribution in [0, 0.1) is 13.8 Å². The van der Waals surface area contributed by atoms with Crippen molar-refractivity contribution in [2.45, 2.75) is 20.4 Å². The second-order valence-electron chi connectivity index (χ2n) is 3.79. The topological polar surface area (TPSA) is 22.8 Å². The molecule has 0 fully saturated rings. The van der Waals surface area contributed by atoms with Gasteiger partial charge in [-0.05, 0) is 25.0 Å². The predicted molar refractivity (Wildman–Crippen MR) is 56.2 cm³/mol. The summed E-state index contributed by atoms with van der Waals surface area (Å²) in [5.74, 6) is 0. The number of hydrogen-bond donors (Lipinski definition) is 0. The van der Waals surface area contributed by atoms with Crippen LogP contribution in [-0.4, -0.2) is 14.1 Å². The molecule has 3 nitrogen and oxygen atoms in total. The number of aromatic nitrogens is 3. The molecule has 2 aromatic rings. The van der Waals surface area contributed by atoms with Crippen LogP contribution in [0.1, 0.15) is 16.8 Å². The van der Waals surface area contributed by atoms with Gasteiger partial charge in [-0.1, -0.05) is 0 Å². The Labute approximate surface area is 84.0 Å². The lowest BCUT2D eigenvalue weighted by Crippen LogP contribution is -2.01. The molecule has 0 unspecified atom stereocenters. The second kappa shape index (κ2) is 3.33. The van der Waals surface area contributed by atoms with Gasteiger partial charge in [0.15, 0.2) is 0 Å². The van der Waals surface area contributed by atoms with E-state index >= 15 is 0 Å². The molecular weight excluding hydrogens is 174 g/mol. The van der Waals surface area contributed by atoms with Gasteiger partial charge in [-0.2, -0.15) is 0 Å². The summed E-state index contributed by atoms with van der Waals surface area (Å²) in [6, 6.07) is 0. The number of aryl methyl sites for hydroxylation is 3. The highest BCUT2D eigenvalue weighted by molar-refractivity contribution is 5.21. The van der Waals surface area contributed by atoms with Gasteiger partial charge in [-0.15, -0.1) is 0 Å². The van der Waals surface area contributed by atoms with Crippen molar-refractivity contribution in [3.05, 3.63) is 41.7 Å². The van der Waals surface area contributed by atoms with Crippen molar-refractivity contribution < 1.29 is 0 Å². The molecular formula is C11H15N3. The summed E-state index contributed by atoms with van der Waals surface area (Å²) in [4.78, 5) is 4.10. The Bertz CT molecular complexity index is 418. The van der Waals surface area contributed by atoms with Gasteiger partial charge in [0, 0.05) is 25.6 Å². The molecule has 0 aromatic carbocycles. The zero-order valence-corrected chi connectivity index (χ0v) is 8.86. The fourth-order valence-electron chi connectivity index (χ4n) is 1.55. The molecule has 0 saturated heterocycles. The van der Waals surface area contributed by atoms with E-state index in [9.17, 15) is 0 Å². The van der Waals surface area contributed by atoms with Crippen LogP contribution in [0.2, 0.25) is 0 Å². The van der Waals surface area contributed by atoms with Crippen LogP contribution in [-0.2, 0) is 13.6 Å². The van der Waals surface area contributed by atoms with E-state index in [1.54, 1.807) is 0 Å². The van der Waals surface area contributed by atoms with Crippen LogP contribution in [0.4, 0.5) is 0 Å². The largest absolute Gasteiger partial charge is 0.348 e. The molecule has 0 saturated carbocycles. The number of nitrogens with zero attached hydrogens (tertiary/aromatic N) is 3. The molecule has 0 bridgehead atoms. The Balaban J connectivity index is 2.23. The minimum atomic E-state index is 0.894. The Kier molecular flexibility index (Phi) is 2.15. The highest BCUT2D eigenvalue weighted by Crippen LogP contribution is 2.09. The summed E-state index contributed by atoms with van der Waals surface area (Å²) in [5, 5.41) is 0. The highest BCUT2D eigenvalue weighted by atomic mass is 15.1. The summed E-state index contributed by atoms with van der Waals surface area (Å²) < 4.78 is 4.24. The van der Waals surface area contributed by atoms with Gasteiger partial charge in [-0.3, -0.25) is 0 Å². The Morgan fingerprint density at radius 1 is 1.21 bits per heavy atom. The molecule has 0 N–H and O–H groups in total. The fourth-order valence-corrected chi connectivity index (χ4v) is 1.55. The monoisotopic (exact) mass is 189 g/mol. The zero-order chi connectivity index (χ0) is 10.1. The molecule has 0 amide bonds. The van der Waals surface area contributed by atoms with Crippen LogP contribution in [0.25, 0.3) is 0 Å². The van der Waals surface area contributed by atoms with E-state index in [2.05, 4.69) is 35.8 Å². The summed E-state index contributed by atoms with van der Waals surface area (Å²) in [6.07, 6.45) is 8.08. The third-order valence-electron chi connectivity index (χ3n) is 2.60. The van der Waals surface area contributed by atoms with Crippen molar-refractivity contribution >= 4 is 0 Å². The first-order chi connectivity index (χ1) is 6.66. The molecule has 0 aliphatic carbocycles. The van der Waals surface area contributed by atoms with E-state index in [4.69, 9.17) is 0 Å². The van der Waals surface area contributed by atoms with Gasteiger partial charge < -0.3 is 9.13 Å². The Morgan fingerprint density at radius 2 is 1.86 bits per heavy atom. The van der Waals surface area contributed by atoms with Crippen LogP contribution < -0.4 is 0 Å². The van der Waals surface area contributed by atoms with Crippen molar-refractivity contribution in [1.82, 2.24) is 14.1 Å². The average molecular weight is 189 g/mol. The van der Waals surface area contributed by atoms with Gasteiger partial charge >= 0.3 is 0 Å². The summed E-state index contributed by atoms with van der Waals surface area (Å²) in [5.41, 5.74) is 3.90. The van der Waals surface area contributed by atoms with Crippen LogP contribution in [0.5, 0.6) is 0 Å². The quantitative estimate of drug-likeness (QED) is 0.707. The molecule has 2 aromatic heterocycles. The van der Waals surface area contributed by atoms with Gasteiger partial charge in [0.25, 0.3) is 0 Å². The van der Waals surface area contributed by atoms with E-state index < -0.39 is 0 Å². The van der Waals surface area contributed by atoms with E-state index in [-0.39, 0.29) is 0 Å². The molecule has 74 valence electrons. The summed E-state index contributed by atoms with van der Waals surface area (Å²) in [6.45, 7) is 5.16.